The number of aromatic nitrogens is 2. The molecule has 27 heavy (non-hydrogen) atoms. The number of nitrogens with zero attached hydrogens (tertiary/aromatic N) is 2. The van der Waals surface area contributed by atoms with Crippen LogP contribution in [-0.2, 0) is 6.18 Å². The molecule has 142 valence electrons. The summed E-state index contributed by atoms with van der Waals surface area (Å²) in [6.07, 6.45) is -4.59. The first-order valence-corrected chi connectivity index (χ1v) is 8.75. The molecule has 2 aromatic carbocycles. The number of para-hydroxylation sites is 1. The maximum absolute atomic E-state index is 13.3. The van der Waals surface area contributed by atoms with Crippen LogP contribution in [0.4, 0.5) is 13.2 Å². The van der Waals surface area contributed by atoms with Gasteiger partial charge in [-0.15, -0.1) is 0 Å². The summed E-state index contributed by atoms with van der Waals surface area (Å²) in [5.74, 6) is 0.661. The Morgan fingerprint density at radius 2 is 1.48 bits per heavy atom. The van der Waals surface area contributed by atoms with E-state index in [0.717, 1.165) is 6.07 Å². The molecule has 1 heterocycles. The Labute approximate surface area is 163 Å². The van der Waals surface area contributed by atoms with E-state index in [4.69, 9.17) is 32.7 Å². The van der Waals surface area contributed by atoms with E-state index in [0.29, 0.717) is 22.7 Å². The molecule has 0 amide bonds. The number of rotatable bonds is 6. The predicted octanol–water partition coefficient (Wildman–Crippen LogP) is 5.71. The number of hydrogen-bond acceptors (Lipinski definition) is 3. The molecule has 0 aliphatic rings. The summed E-state index contributed by atoms with van der Waals surface area (Å²) >= 11 is 11.2. The lowest BCUT2D eigenvalue weighted by atomic mass is 10.1. The van der Waals surface area contributed by atoms with Gasteiger partial charge < -0.3 is 9.47 Å². The van der Waals surface area contributed by atoms with Crippen LogP contribution in [0.5, 0.6) is 11.5 Å². The third kappa shape index (κ3) is 4.48. The lowest BCUT2D eigenvalue weighted by molar-refractivity contribution is -0.141. The van der Waals surface area contributed by atoms with Crippen LogP contribution in [0.1, 0.15) is 5.69 Å². The smallest absolute Gasteiger partial charge is 0.435 e. The van der Waals surface area contributed by atoms with E-state index in [1.165, 1.54) is 4.68 Å². The second-order valence-corrected chi connectivity index (χ2v) is 5.80. The average molecular weight is 417 g/mol. The molecule has 0 saturated carbocycles. The van der Waals surface area contributed by atoms with Crippen LogP contribution in [0.3, 0.4) is 0 Å². The van der Waals surface area contributed by atoms with Gasteiger partial charge in [0.25, 0.3) is 0 Å². The molecule has 9 heteroatoms. The fourth-order valence-electron chi connectivity index (χ4n) is 2.50. The second-order valence-electron chi connectivity index (χ2n) is 5.36. The minimum atomic E-state index is -4.59. The molecule has 0 radical (unpaired) electrons. The molecular weight excluding hydrogens is 404 g/mol. The van der Waals surface area contributed by atoms with Crippen LogP contribution >= 0.6 is 23.2 Å². The van der Waals surface area contributed by atoms with Gasteiger partial charge in [0.2, 0.25) is 0 Å². The zero-order valence-corrected chi connectivity index (χ0v) is 15.2. The van der Waals surface area contributed by atoms with Gasteiger partial charge in [-0.05, 0) is 30.3 Å². The van der Waals surface area contributed by atoms with Crippen LogP contribution < -0.4 is 9.47 Å². The molecule has 0 fully saturated rings. The number of alkyl halides is 5. The molecule has 0 unspecified atom stereocenters. The van der Waals surface area contributed by atoms with Gasteiger partial charge in [0.15, 0.2) is 17.8 Å². The quantitative estimate of drug-likeness (QED) is 0.483. The van der Waals surface area contributed by atoms with Gasteiger partial charge in [-0.25, -0.2) is 4.68 Å². The Bertz CT molecular complexity index is 890. The van der Waals surface area contributed by atoms with E-state index in [9.17, 15) is 13.2 Å². The minimum absolute atomic E-state index is 0.129. The van der Waals surface area contributed by atoms with E-state index >= 15 is 0 Å². The third-order valence-electron chi connectivity index (χ3n) is 3.62. The van der Waals surface area contributed by atoms with Gasteiger partial charge >= 0.3 is 6.18 Å². The van der Waals surface area contributed by atoms with E-state index in [1.54, 1.807) is 48.5 Å². The molecule has 3 aromatic rings. The molecule has 3 rings (SSSR count). The average Bonchev–Trinajstić information content (AvgIpc) is 3.09. The molecule has 4 nitrogen and oxygen atoms in total. The van der Waals surface area contributed by atoms with Gasteiger partial charge in [-0.1, -0.05) is 41.4 Å². The zero-order chi connectivity index (χ0) is 19.4. The molecule has 0 aliphatic carbocycles. The Morgan fingerprint density at radius 1 is 0.889 bits per heavy atom. The maximum Gasteiger partial charge on any atom is 0.435 e. The SMILES string of the molecule is FC(F)(F)c1cc(-c2cc(OCCl)cc(OCCl)c2)n(-c2ccccc2)n1. The van der Waals surface area contributed by atoms with Gasteiger partial charge in [-0.2, -0.15) is 18.3 Å². The third-order valence-corrected chi connectivity index (χ3v) is 3.84. The lowest BCUT2D eigenvalue weighted by Crippen LogP contribution is -2.07. The Balaban J connectivity index is 2.19. The summed E-state index contributed by atoms with van der Waals surface area (Å²) in [6, 6.07) is 13.9. The van der Waals surface area contributed by atoms with Crippen molar-refractivity contribution in [3.05, 3.63) is 60.3 Å². The highest BCUT2D eigenvalue weighted by Gasteiger charge is 2.35. The second kappa shape index (κ2) is 8.10. The summed E-state index contributed by atoms with van der Waals surface area (Å²) in [5, 5.41) is 3.74. The first-order chi connectivity index (χ1) is 12.9. The first-order valence-electron chi connectivity index (χ1n) is 7.68. The van der Waals surface area contributed by atoms with Crippen molar-refractivity contribution in [3.8, 4) is 28.4 Å². The zero-order valence-electron chi connectivity index (χ0n) is 13.7. The summed E-state index contributed by atoms with van der Waals surface area (Å²) < 4.78 is 51.5. The van der Waals surface area contributed by atoms with Gasteiger partial charge in [0.1, 0.15) is 11.5 Å². The molecule has 0 saturated heterocycles. The van der Waals surface area contributed by atoms with Crippen LogP contribution in [0, 0.1) is 0 Å². The first kappa shape index (κ1) is 19.4. The van der Waals surface area contributed by atoms with Crippen LogP contribution in [0.2, 0.25) is 0 Å². The Kier molecular flexibility index (Phi) is 5.82. The lowest BCUT2D eigenvalue weighted by Gasteiger charge is -2.12. The van der Waals surface area contributed by atoms with Crippen molar-refractivity contribution >= 4 is 23.2 Å². The maximum atomic E-state index is 13.3. The topological polar surface area (TPSA) is 36.3 Å². The highest BCUT2D eigenvalue weighted by atomic mass is 35.5. The standard InChI is InChI=1S/C18H13Cl2F3N2O2/c19-10-26-14-6-12(7-15(8-14)27-11-20)16-9-17(18(21,22)23)24-25(16)13-4-2-1-3-5-13/h1-9H,10-11H2. The van der Waals surface area contributed by atoms with Crippen LogP contribution in [-0.4, -0.2) is 21.9 Å². The summed E-state index contributed by atoms with van der Waals surface area (Å²) in [6.45, 7) is 0. The van der Waals surface area contributed by atoms with Gasteiger partial charge in [-0.3, -0.25) is 0 Å². The molecule has 0 bridgehead atoms. The van der Waals surface area contributed by atoms with E-state index in [1.807, 2.05) is 0 Å². The van der Waals surface area contributed by atoms with Crippen molar-refractivity contribution in [2.75, 3.05) is 12.1 Å². The number of benzene rings is 2. The van der Waals surface area contributed by atoms with E-state index in [-0.39, 0.29) is 17.8 Å². The summed E-state index contributed by atoms with van der Waals surface area (Å²) in [5.41, 5.74) is 0.0915. The number of ether oxygens (including phenoxy) is 2. The highest BCUT2D eigenvalue weighted by molar-refractivity contribution is 6.17. The molecule has 0 aliphatic heterocycles. The van der Waals surface area contributed by atoms with Gasteiger partial charge in [0.05, 0.1) is 11.4 Å². The van der Waals surface area contributed by atoms with Crippen molar-refractivity contribution in [2.45, 2.75) is 6.18 Å². The fraction of sp³-hybridized carbons (Fsp3) is 0.167. The number of halogens is 5. The van der Waals surface area contributed by atoms with Crippen LogP contribution in [0.25, 0.3) is 16.9 Å². The number of hydrogen-bond donors (Lipinski definition) is 0. The monoisotopic (exact) mass is 416 g/mol. The fourth-order valence-corrected chi connectivity index (χ4v) is 2.76. The molecule has 1 aromatic heterocycles. The van der Waals surface area contributed by atoms with Crippen LogP contribution in [0.15, 0.2) is 54.6 Å². The molecule has 0 atom stereocenters. The normalized spacial score (nSPS) is 11.4. The summed E-state index contributed by atoms with van der Waals surface area (Å²) in [7, 11) is 0. The van der Waals surface area contributed by atoms with Gasteiger partial charge in [0, 0.05) is 11.6 Å². The van der Waals surface area contributed by atoms with Crippen molar-refractivity contribution in [3.63, 3.8) is 0 Å². The predicted molar refractivity (Wildman–Crippen MR) is 96.7 cm³/mol. The Morgan fingerprint density at radius 3 is 2.00 bits per heavy atom. The molecule has 0 spiro atoms. The van der Waals surface area contributed by atoms with E-state index in [2.05, 4.69) is 5.10 Å². The van der Waals surface area contributed by atoms with Crippen molar-refractivity contribution < 1.29 is 22.6 Å². The summed E-state index contributed by atoms with van der Waals surface area (Å²) in [4.78, 5) is 0. The van der Waals surface area contributed by atoms with Crippen molar-refractivity contribution in [2.24, 2.45) is 0 Å². The minimum Gasteiger partial charge on any atom is -0.478 e. The Hall–Kier alpha value is -2.38. The van der Waals surface area contributed by atoms with Crippen molar-refractivity contribution in [1.82, 2.24) is 9.78 Å². The molecular formula is C18H13Cl2F3N2O2. The van der Waals surface area contributed by atoms with E-state index < -0.39 is 11.9 Å². The highest BCUT2D eigenvalue weighted by Crippen LogP contribution is 2.36. The van der Waals surface area contributed by atoms with Crippen molar-refractivity contribution in [1.29, 1.82) is 0 Å². The largest absolute Gasteiger partial charge is 0.478 e. The molecule has 0 N–H and O–H groups in total.